The van der Waals surface area contributed by atoms with Crippen molar-refractivity contribution < 1.29 is 4.79 Å². The van der Waals surface area contributed by atoms with E-state index in [0.29, 0.717) is 24.4 Å². The Morgan fingerprint density at radius 1 is 1.43 bits per heavy atom. The van der Waals surface area contributed by atoms with Crippen LogP contribution in [0.15, 0.2) is 0 Å². The molecule has 1 amide bonds. The van der Waals surface area contributed by atoms with Crippen LogP contribution < -0.4 is 5.32 Å². The molecule has 0 aromatic rings. The number of piperidine rings is 1. The number of nitrogens with one attached hydrogen (secondary N) is 1. The van der Waals surface area contributed by atoms with Crippen LogP contribution in [-0.4, -0.2) is 36.5 Å². The molecule has 2 unspecified atom stereocenters. The molecule has 1 aliphatic carbocycles. The third-order valence-corrected chi connectivity index (χ3v) is 3.45. The number of carbonyl (C=O) groups excluding carboxylic acids is 1. The second-order valence-electron chi connectivity index (χ2n) is 4.80. The molecule has 0 aromatic heterocycles. The van der Waals surface area contributed by atoms with Crippen LogP contribution >= 0.6 is 0 Å². The molecule has 80 valence electrons. The number of likely N-dealkylation sites (tertiary alicyclic amines) is 1. The molecule has 2 rings (SSSR count). The summed E-state index contributed by atoms with van der Waals surface area (Å²) >= 11 is 0. The minimum absolute atomic E-state index is 0.294. The average Bonchev–Trinajstić information content (AvgIpc) is 2.94. The van der Waals surface area contributed by atoms with Crippen molar-refractivity contribution in [2.45, 2.75) is 44.7 Å². The van der Waals surface area contributed by atoms with Gasteiger partial charge in [0.05, 0.1) is 0 Å². The van der Waals surface area contributed by atoms with E-state index < -0.39 is 0 Å². The molecule has 14 heavy (non-hydrogen) atoms. The maximum Gasteiger partial charge on any atom is 0.222 e. The molecule has 3 heteroatoms. The lowest BCUT2D eigenvalue weighted by Gasteiger charge is -2.32. The molecule has 1 N–H and O–H groups in total. The smallest absolute Gasteiger partial charge is 0.222 e. The fourth-order valence-corrected chi connectivity index (χ4v) is 2.25. The predicted octanol–water partition coefficient (Wildman–Crippen LogP) is 0.995. The van der Waals surface area contributed by atoms with E-state index in [0.717, 1.165) is 18.9 Å². The molecule has 0 aromatic carbocycles. The van der Waals surface area contributed by atoms with Crippen molar-refractivity contribution in [2.75, 3.05) is 13.6 Å². The van der Waals surface area contributed by atoms with E-state index >= 15 is 0 Å². The molecule has 2 fully saturated rings. The predicted molar refractivity (Wildman–Crippen MR) is 56.0 cm³/mol. The Hall–Kier alpha value is -0.570. The van der Waals surface area contributed by atoms with Gasteiger partial charge < -0.3 is 10.2 Å². The molecule has 0 radical (unpaired) electrons. The van der Waals surface area contributed by atoms with Gasteiger partial charge in [-0.25, -0.2) is 0 Å². The topological polar surface area (TPSA) is 32.3 Å². The van der Waals surface area contributed by atoms with E-state index in [2.05, 4.69) is 12.2 Å². The van der Waals surface area contributed by atoms with Gasteiger partial charge in [0.1, 0.15) is 0 Å². The Labute approximate surface area is 85.8 Å². The molecule has 1 saturated carbocycles. The van der Waals surface area contributed by atoms with Crippen molar-refractivity contribution in [3.63, 3.8) is 0 Å². The summed E-state index contributed by atoms with van der Waals surface area (Å²) in [6.45, 7) is 3.16. The van der Waals surface area contributed by atoms with Crippen LogP contribution in [0, 0.1) is 5.92 Å². The van der Waals surface area contributed by atoms with Crippen LogP contribution in [0.1, 0.15) is 32.6 Å². The first-order chi connectivity index (χ1) is 6.66. The zero-order valence-corrected chi connectivity index (χ0v) is 9.12. The number of carbonyl (C=O) groups is 1. The van der Waals surface area contributed by atoms with E-state index in [1.807, 2.05) is 11.9 Å². The van der Waals surface area contributed by atoms with Gasteiger partial charge >= 0.3 is 0 Å². The van der Waals surface area contributed by atoms with Gasteiger partial charge in [-0.3, -0.25) is 4.79 Å². The highest BCUT2D eigenvalue weighted by Crippen LogP contribution is 2.32. The van der Waals surface area contributed by atoms with Gasteiger partial charge in [-0.15, -0.1) is 0 Å². The summed E-state index contributed by atoms with van der Waals surface area (Å²) < 4.78 is 0. The quantitative estimate of drug-likeness (QED) is 0.730. The van der Waals surface area contributed by atoms with Crippen molar-refractivity contribution in [3.05, 3.63) is 0 Å². The number of amides is 1. The van der Waals surface area contributed by atoms with Crippen molar-refractivity contribution in [3.8, 4) is 0 Å². The molecule has 1 heterocycles. The largest absolute Gasteiger partial charge is 0.344 e. The van der Waals surface area contributed by atoms with E-state index in [1.165, 1.54) is 12.8 Å². The summed E-state index contributed by atoms with van der Waals surface area (Å²) in [5.41, 5.74) is 0. The van der Waals surface area contributed by atoms with Crippen molar-refractivity contribution in [2.24, 2.45) is 5.92 Å². The first-order valence-corrected chi connectivity index (χ1v) is 5.67. The summed E-state index contributed by atoms with van der Waals surface area (Å²) in [4.78, 5) is 13.1. The van der Waals surface area contributed by atoms with Crippen LogP contribution in [0.2, 0.25) is 0 Å². The first kappa shape index (κ1) is 9.97. The van der Waals surface area contributed by atoms with Gasteiger partial charge in [0.2, 0.25) is 5.91 Å². The highest BCUT2D eigenvalue weighted by molar-refractivity contribution is 5.76. The number of nitrogens with zero attached hydrogens (tertiary/aromatic N) is 1. The molecular weight excluding hydrogens is 176 g/mol. The molecule has 1 aliphatic heterocycles. The van der Waals surface area contributed by atoms with Crippen molar-refractivity contribution >= 4 is 5.91 Å². The zero-order chi connectivity index (χ0) is 10.1. The SMILES string of the molecule is CC(NC1CCC(=O)N(C)C1)C1CC1. The normalized spacial score (nSPS) is 30.6. The highest BCUT2D eigenvalue weighted by atomic mass is 16.2. The molecule has 2 aliphatic rings. The van der Waals surface area contributed by atoms with Gasteiger partial charge in [-0.1, -0.05) is 0 Å². The highest BCUT2D eigenvalue weighted by Gasteiger charge is 2.31. The third-order valence-electron chi connectivity index (χ3n) is 3.45. The maximum atomic E-state index is 11.3. The Kier molecular flexibility index (Phi) is 2.77. The fraction of sp³-hybridized carbons (Fsp3) is 0.909. The standard InChI is InChI=1S/C11H20N2O/c1-8(9-3-4-9)12-10-5-6-11(14)13(2)7-10/h8-10,12H,3-7H2,1-2H3. The van der Waals surface area contributed by atoms with E-state index in [9.17, 15) is 4.79 Å². The number of rotatable bonds is 3. The van der Waals surface area contributed by atoms with Crippen molar-refractivity contribution in [1.82, 2.24) is 10.2 Å². The number of likely N-dealkylation sites (N-methyl/N-ethyl adjacent to an activating group) is 1. The molecular formula is C11H20N2O. The van der Waals surface area contributed by atoms with Gasteiger partial charge in [0, 0.05) is 32.1 Å². The molecule has 2 atom stereocenters. The Morgan fingerprint density at radius 2 is 2.14 bits per heavy atom. The summed E-state index contributed by atoms with van der Waals surface area (Å²) in [6, 6.07) is 1.16. The number of hydrogen-bond donors (Lipinski definition) is 1. The minimum Gasteiger partial charge on any atom is -0.344 e. The second kappa shape index (κ2) is 3.89. The first-order valence-electron chi connectivity index (χ1n) is 5.67. The van der Waals surface area contributed by atoms with Crippen LogP contribution in [0.5, 0.6) is 0 Å². The average molecular weight is 196 g/mol. The van der Waals surface area contributed by atoms with E-state index in [4.69, 9.17) is 0 Å². The Balaban J connectivity index is 1.78. The third kappa shape index (κ3) is 2.27. The molecule has 3 nitrogen and oxygen atoms in total. The van der Waals surface area contributed by atoms with Gasteiger partial charge in [-0.05, 0) is 32.1 Å². The lowest BCUT2D eigenvalue weighted by Crippen LogP contribution is -2.49. The van der Waals surface area contributed by atoms with E-state index in [1.54, 1.807) is 0 Å². The molecule has 1 saturated heterocycles. The van der Waals surface area contributed by atoms with Gasteiger partial charge in [0.15, 0.2) is 0 Å². The summed E-state index contributed by atoms with van der Waals surface area (Å²) in [7, 11) is 1.90. The summed E-state index contributed by atoms with van der Waals surface area (Å²) in [6.07, 6.45) is 4.50. The zero-order valence-electron chi connectivity index (χ0n) is 9.12. The summed E-state index contributed by atoms with van der Waals surface area (Å²) in [5, 5.41) is 3.64. The lowest BCUT2D eigenvalue weighted by atomic mass is 10.0. The lowest BCUT2D eigenvalue weighted by molar-refractivity contribution is -0.132. The van der Waals surface area contributed by atoms with Gasteiger partial charge in [-0.2, -0.15) is 0 Å². The monoisotopic (exact) mass is 196 g/mol. The Bertz CT molecular complexity index is 225. The van der Waals surface area contributed by atoms with Crippen LogP contribution in [-0.2, 0) is 4.79 Å². The fourth-order valence-electron chi connectivity index (χ4n) is 2.25. The van der Waals surface area contributed by atoms with Crippen LogP contribution in [0.4, 0.5) is 0 Å². The van der Waals surface area contributed by atoms with Gasteiger partial charge in [0.25, 0.3) is 0 Å². The van der Waals surface area contributed by atoms with Crippen LogP contribution in [0.3, 0.4) is 0 Å². The number of hydrogen-bond acceptors (Lipinski definition) is 2. The molecule has 0 spiro atoms. The minimum atomic E-state index is 0.294. The van der Waals surface area contributed by atoms with Crippen LogP contribution in [0.25, 0.3) is 0 Å². The molecule has 0 bridgehead atoms. The second-order valence-corrected chi connectivity index (χ2v) is 4.80. The van der Waals surface area contributed by atoms with Crippen molar-refractivity contribution in [1.29, 1.82) is 0 Å². The maximum absolute atomic E-state index is 11.3. The van der Waals surface area contributed by atoms with E-state index in [-0.39, 0.29) is 0 Å². The summed E-state index contributed by atoms with van der Waals surface area (Å²) in [5.74, 6) is 1.19. The Morgan fingerprint density at radius 3 is 2.71 bits per heavy atom.